The van der Waals surface area contributed by atoms with Gasteiger partial charge in [-0.2, -0.15) is 10.1 Å². The van der Waals surface area contributed by atoms with E-state index >= 15 is 0 Å². The average molecular weight is 349 g/mol. The number of thiazole rings is 1. The fourth-order valence-electron chi connectivity index (χ4n) is 2.63. The maximum Gasteiger partial charge on any atom is 0.296 e. The molecule has 0 fully saturated rings. The van der Waals surface area contributed by atoms with Crippen molar-refractivity contribution in [3.8, 4) is 17.0 Å². The fourth-order valence-corrected chi connectivity index (χ4v) is 3.46. The van der Waals surface area contributed by atoms with Crippen molar-refractivity contribution in [3.63, 3.8) is 0 Å². The van der Waals surface area contributed by atoms with E-state index in [1.807, 2.05) is 36.6 Å². The number of aromatic hydroxyl groups is 1. The Bertz CT molecular complexity index is 1100. The molecule has 4 aromatic rings. The molecule has 0 saturated carbocycles. The molecule has 2 heterocycles. The third kappa shape index (κ3) is 3.04. The monoisotopic (exact) mass is 349 g/mol. The Kier molecular flexibility index (Phi) is 3.82. The first-order valence-corrected chi connectivity index (χ1v) is 8.70. The van der Waals surface area contributed by atoms with Gasteiger partial charge >= 0.3 is 0 Å². The molecule has 1 N–H and O–H groups in total. The van der Waals surface area contributed by atoms with E-state index in [0.29, 0.717) is 17.1 Å². The SMILES string of the molecule is Cc1ccc(-c2csc3nc(=O)c(Cc4ccc(O)cc4)nn23)cc1. The van der Waals surface area contributed by atoms with Gasteiger partial charge in [0.25, 0.3) is 5.56 Å². The normalized spacial score (nSPS) is 11.1. The standard InChI is InChI=1S/C19H15N3O2S/c1-12-2-6-14(7-3-12)17-11-25-19-20-18(24)16(21-22(17)19)10-13-4-8-15(23)9-5-13/h2-9,11,23H,10H2,1H3. The first-order chi connectivity index (χ1) is 12.1. The molecule has 5 nitrogen and oxygen atoms in total. The Morgan fingerprint density at radius 1 is 1.08 bits per heavy atom. The summed E-state index contributed by atoms with van der Waals surface area (Å²) in [6, 6.07) is 14.9. The Hall–Kier alpha value is -2.99. The van der Waals surface area contributed by atoms with Gasteiger partial charge in [-0.3, -0.25) is 4.79 Å². The van der Waals surface area contributed by atoms with Crippen LogP contribution in [0, 0.1) is 6.92 Å². The second-order valence-electron chi connectivity index (χ2n) is 5.89. The van der Waals surface area contributed by atoms with Crippen molar-refractivity contribution in [2.75, 3.05) is 0 Å². The smallest absolute Gasteiger partial charge is 0.296 e. The highest BCUT2D eigenvalue weighted by Crippen LogP contribution is 2.24. The second-order valence-corrected chi connectivity index (χ2v) is 6.72. The van der Waals surface area contributed by atoms with Gasteiger partial charge in [-0.05, 0) is 24.6 Å². The summed E-state index contributed by atoms with van der Waals surface area (Å²) in [5.74, 6) is 0.196. The van der Waals surface area contributed by atoms with Crippen molar-refractivity contribution in [2.24, 2.45) is 0 Å². The molecule has 0 radical (unpaired) electrons. The third-order valence-electron chi connectivity index (χ3n) is 4.01. The van der Waals surface area contributed by atoms with E-state index in [1.54, 1.807) is 28.8 Å². The predicted molar refractivity (Wildman–Crippen MR) is 98.2 cm³/mol. The van der Waals surface area contributed by atoms with E-state index in [1.165, 1.54) is 16.9 Å². The molecule has 25 heavy (non-hydrogen) atoms. The van der Waals surface area contributed by atoms with E-state index in [4.69, 9.17) is 0 Å². The fraction of sp³-hybridized carbons (Fsp3) is 0.105. The van der Waals surface area contributed by atoms with Gasteiger partial charge in [-0.15, -0.1) is 11.3 Å². The second kappa shape index (κ2) is 6.14. The van der Waals surface area contributed by atoms with Gasteiger partial charge in [0.15, 0.2) is 0 Å². The summed E-state index contributed by atoms with van der Waals surface area (Å²) in [6.45, 7) is 2.04. The van der Waals surface area contributed by atoms with Crippen LogP contribution < -0.4 is 5.56 Å². The maximum atomic E-state index is 12.3. The van der Waals surface area contributed by atoms with Crippen LogP contribution in [0.4, 0.5) is 0 Å². The van der Waals surface area contributed by atoms with Gasteiger partial charge in [0, 0.05) is 17.4 Å². The van der Waals surface area contributed by atoms with Crippen LogP contribution in [-0.2, 0) is 6.42 Å². The van der Waals surface area contributed by atoms with Crippen LogP contribution in [0.2, 0.25) is 0 Å². The molecule has 0 atom stereocenters. The number of phenolic OH excluding ortho intramolecular Hbond substituents is 1. The lowest BCUT2D eigenvalue weighted by atomic mass is 10.1. The Morgan fingerprint density at radius 2 is 1.80 bits per heavy atom. The van der Waals surface area contributed by atoms with E-state index < -0.39 is 0 Å². The van der Waals surface area contributed by atoms with Crippen LogP contribution in [0.25, 0.3) is 16.2 Å². The van der Waals surface area contributed by atoms with Crippen LogP contribution in [0.5, 0.6) is 5.75 Å². The summed E-state index contributed by atoms with van der Waals surface area (Å²) >= 11 is 1.40. The molecule has 0 saturated heterocycles. The largest absolute Gasteiger partial charge is 0.508 e. The Morgan fingerprint density at radius 3 is 2.52 bits per heavy atom. The summed E-state index contributed by atoms with van der Waals surface area (Å²) < 4.78 is 1.73. The van der Waals surface area contributed by atoms with Crippen LogP contribution in [0.15, 0.2) is 58.7 Å². The molecule has 0 unspecified atom stereocenters. The molecule has 0 spiro atoms. The first kappa shape index (κ1) is 15.5. The van der Waals surface area contributed by atoms with Crippen LogP contribution in [0.1, 0.15) is 16.8 Å². The number of fused-ring (bicyclic) bond motifs is 1. The van der Waals surface area contributed by atoms with Gasteiger partial charge in [0.1, 0.15) is 11.4 Å². The molecule has 0 aliphatic heterocycles. The lowest BCUT2D eigenvalue weighted by molar-refractivity contribution is 0.475. The molecular weight excluding hydrogens is 334 g/mol. The van der Waals surface area contributed by atoms with E-state index in [9.17, 15) is 9.90 Å². The quantitative estimate of drug-likeness (QED) is 0.615. The number of nitrogens with zero attached hydrogens (tertiary/aromatic N) is 3. The highest BCUT2D eigenvalue weighted by atomic mass is 32.1. The summed E-state index contributed by atoms with van der Waals surface area (Å²) in [7, 11) is 0. The highest BCUT2D eigenvalue weighted by molar-refractivity contribution is 7.15. The molecule has 6 heteroatoms. The Balaban J connectivity index is 1.79. The van der Waals surface area contributed by atoms with Gasteiger partial charge in [0.05, 0.1) is 5.69 Å². The zero-order valence-corrected chi connectivity index (χ0v) is 14.3. The lowest BCUT2D eigenvalue weighted by Crippen LogP contribution is -2.18. The number of rotatable bonds is 3. The minimum absolute atomic E-state index is 0.196. The van der Waals surface area contributed by atoms with Crippen molar-refractivity contribution in [2.45, 2.75) is 13.3 Å². The number of aryl methyl sites for hydroxylation is 1. The van der Waals surface area contributed by atoms with Crippen LogP contribution in [-0.4, -0.2) is 19.7 Å². The van der Waals surface area contributed by atoms with Crippen molar-refractivity contribution >= 4 is 16.3 Å². The molecule has 2 aromatic heterocycles. The molecule has 2 aromatic carbocycles. The predicted octanol–water partition coefficient (Wildman–Crippen LogP) is 3.42. The average Bonchev–Trinajstić information content (AvgIpc) is 3.00. The van der Waals surface area contributed by atoms with Crippen LogP contribution in [0.3, 0.4) is 0 Å². The summed E-state index contributed by atoms with van der Waals surface area (Å²) in [4.78, 5) is 17.0. The number of hydrogen-bond acceptors (Lipinski definition) is 5. The number of benzene rings is 2. The van der Waals surface area contributed by atoms with Crippen molar-refractivity contribution < 1.29 is 5.11 Å². The van der Waals surface area contributed by atoms with Gasteiger partial charge in [-0.1, -0.05) is 42.0 Å². The summed E-state index contributed by atoms with van der Waals surface area (Å²) in [5.41, 5.74) is 4.11. The molecule has 0 aliphatic carbocycles. The minimum atomic E-state index is -0.314. The zero-order chi connectivity index (χ0) is 17.4. The molecule has 0 amide bonds. The summed E-state index contributed by atoms with van der Waals surface area (Å²) in [5, 5.41) is 15.9. The van der Waals surface area contributed by atoms with Crippen molar-refractivity contribution in [1.29, 1.82) is 0 Å². The summed E-state index contributed by atoms with van der Waals surface area (Å²) in [6.07, 6.45) is 0.373. The zero-order valence-electron chi connectivity index (χ0n) is 13.5. The molecular formula is C19H15N3O2S. The maximum absolute atomic E-state index is 12.3. The van der Waals surface area contributed by atoms with Gasteiger partial charge < -0.3 is 5.11 Å². The number of hydrogen-bond donors (Lipinski definition) is 1. The minimum Gasteiger partial charge on any atom is -0.508 e. The van der Waals surface area contributed by atoms with Crippen molar-refractivity contribution in [3.05, 3.63) is 81.1 Å². The number of phenols is 1. The third-order valence-corrected chi connectivity index (χ3v) is 4.82. The van der Waals surface area contributed by atoms with Crippen LogP contribution >= 0.6 is 11.3 Å². The molecule has 0 bridgehead atoms. The first-order valence-electron chi connectivity index (χ1n) is 7.82. The highest BCUT2D eigenvalue weighted by Gasteiger charge is 2.12. The molecule has 0 aliphatic rings. The van der Waals surface area contributed by atoms with Crippen molar-refractivity contribution in [1.82, 2.24) is 14.6 Å². The van der Waals surface area contributed by atoms with E-state index in [0.717, 1.165) is 16.8 Å². The lowest BCUT2D eigenvalue weighted by Gasteiger charge is -2.04. The van der Waals surface area contributed by atoms with E-state index in [-0.39, 0.29) is 11.3 Å². The van der Waals surface area contributed by atoms with E-state index in [2.05, 4.69) is 10.1 Å². The van der Waals surface area contributed by atoms with Gasteiger partial charge in [-0.25, -0.2) is 4.52 Å². The van der Waals surface area contributed by atoms with Gasteiger partial charge in [0.2, 0.25) is 4.96 Å². The Labute approximate surface area is 147 Å². The molecule has 124 valence electrons. The topological polar surface area (TPSA) is 67.5 Å². The molecule has 4 rings (SSSR count). The number of aromatic nitrogens is 3.